The van der Waals surface area contributed by atoms with Crippen LogP contribution in [0.3, 0.4) is 0 Å². The summed E-state index contributed by atoms with van der Waals surface area (Å²) < 4.78 is 4.40. The van der Waals surface area contributed by atoms with Crippen molar-refractivity contribution in [3.63, 3.8) is 0 Å². The normalized spacial score (nSPS) is 9.93. The number of rotatable bonds is 7. The second-order valence-corrected chi connectivity index (χ2v) is 5.98. The Morgan fingerprint density at radius 2 is 1.68 bits per heavy atom. The van der Waals surface area contributed by atoms with E-state index >= 15 is 0 Å². The molecule has 0 saturated carbocycles. The van der Waals surface area contributed by atoms with Crippen LogP contribution >= 0.6 is 11.6 Å². The Bertz CT molecular complexity index is 901. The molecule has 0 saturated heterocycles. The van der Waals surface area contributed by atoms with E-state index in [4.69, 9.17) is 11.6 Å². The van der Waals surface area contributed by atoms with Crippen LogP contribution in [0, 0.1) is 0 Å². The molecule has 2 rings (SSSR count). The van der Waals surface area contributed by atoms with Crippen LogP contribution in [-0.4, -0.2) is 43.9 Å². The molecule has 0 aliphatic heterocycles. The average Bonchev–Trinajstić information content (AvgIpc) is 2.70. The Balaban J connectivity index is 2.00. The zero-order valence-electron chi connectivity index (χ0n) is 15.0. The van der Waals surface area contributed by atoms with Crippen molar-refractivity contribution in [2.75, 3.05) is 25.5 Å². The number of ether oxygens (including phenoxy) is 1. The maximum atomic E-state index is 12.4. The van der Waals surface area contributed by atoms with Gasteiger partial charge in [0.1, 0.15) is 6.54 Å². The Hall–Kier alpha value is -3.39. The molecule has 146 valence electrons. The second-order valence-electron chi connectivity index (χ2n) is 5.55. The van der Waals surface area contributed by atoms with Crippen molar-refractivity contribution in [1.29, 1.82) is 0 Å². The Morgan fingerprint density at radius 3 is 2.39 bits per heavy atom. The lowest BCUT2D eigenvalue weighted by atomic mass is 10.1. The molecule has 0 aromatic heterocycles. The molecule has 0 heterocycles. The van der Waals surface area contributed by atoms with Gasteiger partial charge in [0.05, 0.1) is 24.9 Å². The number of methoxy groups -OCH3 is 1. The number of carbonyl (C=O) groups excluding carboxylic acids is 4. The van der Waals surface area contributed by atoms with E-state index in [1.54, 1.807) is 36.4 Å². The van der Waals surface area contributed by atoms with Crippen LogP contribution < -0.4 is 16.0 Å². The van der Waals surface area contributed by atoms with Gasteiger partial charge >= 0.3 is 5.97 Å². The van der Waals surface area contributed by atoms with Crippen LogP contribution in [0.15, 0.2) is 48.5 Å². The van der Waals surface area contributed by atoms with E-state index < -0.39 is 23.7 Å². The molecule has 0 unspecified atom stereocenters. The van der Waals surface area contributed by atoms with E-state index in [-0.39, 0.29) is 24.3 Å². The number of amides is 3. The van der Waals surface area contributed by atoms with Crippen molar-refractivity contribution in [3.05, 3.63) is 64.7 Å². The molecule has 8 nitrogen and oxygen atoms in total. The Kier molecular flexibility index (Phi) is 7.53. The molecule has 28 heavy (non-hydrogen) atoms. The molecule has 0 aliphatic carbocycles. The molecule has 0 fully saturated rings. The van der Waals surface area contributed by atoms with Crippen LogP contribution in [0.2, 0.25) is 5.02 Å². The first kappa shape index (κ1) is 20.9. The van der Waals surface area contributed by atoms with E-state index in [0.29, 0.717) is 10.6 Å². The highest BCUT2D eigenvalue weighted by atomic mass is 35.5. The molecule has 9 heteroatoms. The summed E-state index contributed by atoms with van der Waals surface area (Å²) in [6.45, 7) is -0.635. The number of hydrogen-bond donors (Lipinski definition) is 3. The van der Waals surface area contributed by atoms with Gasteiger partial charge in [0.15, 0.2) is 0 Å². The predicted octanol–water partition coefficient (Wildman–Crippen LogP) is 1.61. The number of esters is 1. The second kappa shape index (κ2) is 10.1. The summed E-state index contributed by atoms with van der Waals surface area (Å²) in [5.41, 5.74) is 0.795. The molecule has 2 aromatic rings. The third-order valence-electron chi connectivity index (χ3n) is 3.57. The number of nitrogens with one attached hydrogen (secondary N) is 3. The number of anilines is 1. The van der Waals surface area contributed by atoms with E-state index in [1.165, 1.54) is 19.2 Å². The van der Waals surface area contributed by atoms with E-state index in [0.717, 1.165) is 0 Å². The largest absolute Gasteiger partial charge is 0.468 e. The molecule has 0 radical (unpaired) electrons. The zero-order valence-corrected chi connectivity index (χ0v) is 15.7. The highest BCUT2D eigenvalue weighted by Gasteiger charge is 2.15. The fraction of sp³-hybridized carbons (Fsp3) is 0.158. The van der Waals surface area contributed by atoms with Gasteiger partial charge in [-0.15, -0.1) is 0 Å². The SMILES string of the molecule is COC(=O)CNC(=O)CNC(=O)c1ccccc1NC(=O)c1cccc(Cl)c1. The Labute approximate surface area is 166 Å². The maximum absolute atomic E-state index is 12.4. The third kappa shape index (κ3) is 6.10. The summed E-state index contributed by atoms with van der Waals surface area (Å²) in [6.07, 6.45) is 0. The van der Waals surface area contributed by atoms with Gasteiger partial charge in [0, 0.05) is 10.6 Å². The number of para-hydroxylation sites is 1. The molecule has 3 N–H and O–H groups in total. The summed E-state index contributed by atoms with van der Waals surface area (Å²) in [6, 6.07) is 12.7. The summed E-state index contributed by atoms with van der Waals surface area (Å²) in [4.78, 5) is 47.4. The zero-order chi connectivity index (χ0) is 20.5. The summed E-state index contributed by atoms with van der Waals surface area (Å²) in [7, 11) is 1.20. The predicted molar refractivity (Wildman–Crippen MR) is 103 cm³/mol. The van der Waals surface area contributed by atoms with Crippen LogP contribution in [0.5, 0.6) is 0 Å². The van der Waals surface area contributed by atoms with E-state index in [1.807, 2.05) is 0 Å². The van der Waals surface area contributed by atoms with Gasteiger partial charge in [-0.3, -0.25) is 19.2 Å². The fourth-order valence-corrected chi connectivity index (χ4v) is 2.37. The minimum Gasteiger partial charge on any atom is -0.468 e. The number of hydrogen-bond acceptors (Lipinski definition) is 5. The molecule has 0 spiro atoms. The van der Waals surface area contributed by atoms with E-state index in [9.17, 15) is 19.2 Å². The smallest absolute Gasteiger partial charge is 0.325 e. The molecule has 3 amide bonds. The molecule has 0 bridgehead atoms. The molecular weight excluding hydrogens is 386 g/mol. The van der Waals surface area contributed by atoms with Gasteiger partial charge < -0.3 is 20.7 Å². The topological polar surface area (TPSA) is 114 Å². The van der Waals surface area contributed by atoms with Crippen LogP contribution in [-0.2, 0) is 14.3 Å². The third-order valence-corrected chi connectivity index (χ3v) is 3.81. The Morgan fingerprint density at radius 1 is 0.929 bits per heavy atom. The maximum Gasteiger partial charge on any atom is 0.325 e. The number of halogens is 1. The highest BCUT2D eigenvalue weighted by molar-refractivity contribution is 6.31. The monoisotopic (exact) mass is 403 g/mol. The standard InChI is InChI=1S/C19H18ClN3O5/c1-28-17(25)11-21-16(24)10-22-19(27)14-7-2-3-8-15(14)23-18(26)12-5-4-6-13(20)9-12/h2-9H,10-11H2,1H3,(H,21,24)(H,22,27)(H,23,26). The van der Waals surface area contributed by atoms with Gasteiger partial charge in [-0.2, -0.15) is 0 Å². The fourth-order valence-electron chi connectivity index (χ4n) is 2.18. The average molecular weight is 404 g/mol. The first-order chi connectivity index (χ1) is 13.4. The van der Waals surface area contributed by atoms with E-state index in [2.05, 4.69) is 20.7 Å². The summed E-state index contributed by atoms with van der Waals surface area (Å²) in [5, 5.41) is 7.79. The van der Waals surface area contributed by atoms with Crippen LogP contribution in [0.4, 0.5) is 5.69 Å². The number of carbonyl (C=O) groups is 4. The van der Waals surface area contributed by atoms with Crippen molar-refractivity contribution >= 4 is 41.0 Å². The summed E-state index contributed by atoms with van der Waals surface area (Å²) in [5.74, 6) is -2.15. The van der Waals surface area contributed by atoms with Gasteiger partial charge in [-0.05, 0) is 30.3 Å². The minimum atomic E-state index is -0.603. The van der Waals surface area contributed by atoms with Crippen LogP contribution in [0.1, 0.15) is 20.7 Å². The van der Waals surface area contributed by atoms with Crippen molar-refractivity contribution in [2.24, 2.45) is 0 Å². The molecule has 0 aliphatic rings. The van der Waals surface area contributed by atoms with Crippen molar-refractivity contribution in [1.82, 2.24) is 10.6 Å². The first-order valence-corrected chi connectivity index (χ1v) is 8.56. The van der Waals surface area contributed by atoms with Crippen molar-refractivity contribution < 1.29 is 23.9 Å². The van der Waals surface area contributed by atoms with Crippen molar-refractivity contribution in [2.45, 2.75) is 0 Å². The first-order valence-electron chi connectivity index (χ1n) is 8.18. The number of benzene rings is 2. The highest BCUT2D eigenvalue weighted by Crippen LogP contribution is 2.17. The van der Waals surface area contributed by atoms with Gasteiger partial charge in [0.2, 0.25) is 5.91 Å². The lowest BCUT2D eigenvalue weighted by Gasteiger charge is -2.11. The lowest BCUT2D eigenvalue weighted by Crippen LogP contribution is -2.39. The van der Waals surface area contributed by atoms with Crippen LogP contribution in [0.25, 0.3) is 0 Å². The molecule has 0 atom stereocenters. The quantitative estimate of drug-likeness (QED) is 0.608. The minimum absolute atomic E-state index is 0.179. The van der Waals surface area contributed by atoms with Crippen molar-refractivity contribution in [3.8, 4) is 0 Å². The summed E-state index contributed by atoms with van der Waals surface area (Å²) >= 11 is 5.89. The molecule has 2 aromatic carbocycles. The van der Waals surface area contributed by atoms with Gasteiger partial charge in [-0.1, -0.05) is 29.8 Å². The van der Waals surface area contributed by atoms with Gasteiger partial charge in [-0.25, -0.2) is 0 Å². The van der Waals surface area contributed by atoms with Gasteiger partial charge in [0.25, 0.3) is 11.8 Å². The molecular formula is C19H18ClN3O5. The lowest BCUT2D eigenvalue weighted by molar-refractivity contribution is -0.141.